The number of hydrogen-bond acceptors (Lipinski definition) is 3. The molecule has 2 rings (SSSR count). The molecular formula is C7H5N3O2. The van der Waals surface area contributed by atoms with E-state index in [4.69, 9.17) is 5.11 Å². The predicted molar refractivity (Wildman–Crippen MR) is 39.9 cm³/mol. The van der Waals surface area contributed by atoms with E-state index in [1.807, 2.05) is 0 Å². The molecule has 0 aliphatic carbocycles. The van der Waals surface area contributed by atoms with Gasteiger partial charge in [0.05, 0.1) is 18.0 Å². The number of nitrogens with zero attached hydrogens (tertiary/aromatic N) is 3. The fourth-order valence-electron chi connectivity index (χ4n) is 1.02. The minimum atomic E-state index is -1.04. The SMILES string of the molecule is O=C(O)c1nccn2cncc12. The molecule has 2 aromatic rings. The maximum Gasteiger partial charge on any atom is 0.356 e. The summed E-state index contributed by atoms with van der Waals surface area (Å²) in [5.41, 5.74) is 0.528. The Hall–Kier alpha value is -1.91. The van der Waals surface area contributed by atoms with E-state index >= 15 is 0 Å². The molecular weight excluding hydrogens is 158 g/mol. The van der Waals surface area contributed by atoms with Gasteiger partial charge in [0, 0.05) is 12.4 Å². The van der Waals surface area contributed by atoms with Crippen molar-refractivity contribution < 1.29 is 9.90 Å². The zero-order valence-corrected chi connectivity index (χ0v) is 6.01. The summed E-state index contributed by atoms with van der Waals surface area (Å²) in [4.78, 5) is 18.1. The Morgan fingerprint density at radius 3 is 3.17 bits per heavy atom. The molecule has 0 unspecified atom stereocenters. The molecule has 0 aliphatic rings. The van der Waals surface area contributed by atoms with Gasteiger partial charge >= 0.3 is 5.97 Å². The van der Waals surface area contributed by atoms with E-state index in [1.54, 1.807) is 10.6 Å². The summed E-state index contributed by atoms with van der Waals surface area (Å²) in [6.45, 7) is 0. The van der Waals surface area contributed by atoms with Crippen LogP contribution in [0.15, 0.2) is 24.9 Å². The maximum absolute atomic E-state index is 10.6. The first-order chi connectivity index (χ1) is 5.79. The average molecular weight is 163 g/mol. The minimum absolute atomic E-state index is 0.0231. The second kappa shape index (κ2) is 2.30. The number of rotatable bonds is 1. The summed E-state index contributed by atoms with van der Waals surface area (Å²) in [7, 11) is 0. The summed E-state index contributed by atoms with van der Waals surface area (Å²) in [6.07, 6.45) is 6.08. The first kappa shape index (κ1) is 6.78. The minimum Gasteiger partial charge on any atom is -0.476 e. The molecule has 0 aromatic carbocycles. The Morgan fingerprint density at radius 1 is 1.58 bits per heavy atom. The number of aromatic nitrogens is 3. The molecule has 2 heterocycles. The normalized spacial score (nSPS) is 10.3. The number of carboxylic acid groups (broad SMARTS) is 1. The van der Waals surface area contributed by atoms with Crippen LogP contribution in [-0.2, 0) is 0 Å². The number of aromatic carboxylic acids is 1. The highest BCUT2D eigenvalue weighted by atomic mass is 16.4. The highest BCUT2D eigenvalue weighted by molar-refractivity contribution is 5.92. The molecule has 0 amide bonds. The quantitative estimate of drug-likeness (QED) is 0.661. The highest BCUT2D eigenvalue weighted by Crippen LogP contribution is 2.05. The predicted octanol–water partition coefficient (Wildman–Crippen LogP) is 0.427. The van der Waals surface area contributed by atoms with Crippen LogP contribution < -0.4 is 0 Å². The van der Waals surface area contributed by atoms with Crippen LogP contribution in [0.2, 0.25) is 0 Å². The van der Waals surface area contributed by atoms with Crippen LogP contribution in [0, 0.1) is 0 Å². The number of imidazole rings is 1. The van der Waals surface area contributed by atoms with Gasteiger partial charge in [-0.05, 0) is 0 Å². The van der Waals surface area contributed by atoms with Crippen LogP contribution in [0.4, 0.5) is 0 Å². The van der Waals surface area contributed by atoms with Crippen LogP contribution in [0.1, 0.15) is 10.5 Å². The van der Waals surface area contributed by atoms with Gasteiger partial charge in [-0.25, -0.2) is 14.8 Å². The molecule has 0 aliphatic heterocycles. The lowest BCUT2D eigenvalue weighted by Gasteiger charge is -1.95. The van der Waals surface area contributed by atoms with Crippen LogP contribution in [0.3, 0.4) is 0 Å². The molecule has 0 fully saturated rings. The molecule has 5 heteroatoms. The van der Waals surface area contributed by atoms with Crippen molar-refractivity contribution in [1.29, 1.82) is 0 Å². The van der Waals surface area contributed by atoms with Crippen LogP contribution in [0.5, 0.6) is 0 Å². The summed E-state index contributed by atoms with van der Waals surface area (Å²) in [5, 5.41) is 8.70. The van der Waals surface area contributed by atoms with Gasteiger partial charge in [0.25, 0.3) is 0 Å². The van der Waals surface area contributed by atoms with Gasteiger partial charge in [0.15, 0.2) is 5.69 Å². The van der Waals surface area contributed by atoms with Crippen molar-refractivity contribution in [2.75, 3.05) is 0 Å². The largest absolute Gasteiger partial charge is 0.476 e. The third-order valence-corrected chi connectivity index (χ3v) is 1.54. The van der Waals surface area contributed by atoms with Crippen LogP contribution in [-0.4, -0.2) is 25.4 Å². The number of hydrogen-bond donors (Lipinski definition) is 1. The molecule has 0 saturated carbocycles. The molecule has 5 nitrogen and oxygen atoms in total. The van der Waals surface area contributed by atoms with Gasteiger partial charge in [0.2, 0.25) is 0 Å². The molecule has 0 bridgehead atoms. The van der Waals surface area contributed by atoms with E-state index in [9.17, 15) is 4.79 Å². The second-order valence-corrected chi connectivity index (χ2v) is 2.27. The molecule has 0 radical (unpaired) electrons. The molecule has 12 heavy (non-hydrogen) atoms. The Balaban J connectivity index is 2.82. The Kier molecular flexibility index (Phi) is 1.30. The van der Waals surface area contributed by atoms with Crippen LogP contribution >= 0.6 is 0 Å². The highest BCUT2D eigenvalue weighted by Gasteiger charge is 2.09. The molecule has 0 atom stereocenters. The van der Waals surface area contributed by atoms with Gasteiger partial charge in [0.1, 0.15) is 0 Å². The van der Waals surface area contributed by atoms with Gasteiger partial charge < -0.3 is 9.51 Å². The van der Waals surface area contributed by atoms with Crippen molar-refractivity contribution in [2.45, 2.75) is 0 Å². The Bertz CT molecular complexity index is 435. The Morgan fingerprint density at radius 2 is 2.42 bits per heavy atom. The monoisotopic (exact) mass is 163 g/mol. The molecule has 0 saturated heterocycles. The molecule has 60 valence electrons. The van der Waals surface area contributed by atoms with Crippen molar-refractivity contribution in [1.82, 2.24) is 14.4 Å². The third kappa shape index (κ3) is 0.833. The zero-order valence-electron chi connectivity index (χ0n) is 6.01. The Labute approximate surface area is 67.3 Å². The third-order valence-electron chi connectivity index (χ3n) is 1.54. The summed E-state index contributed by atoms with van der Waals surface area (Å²) in [6, 6.07) is 0. The van der Waals surface area contributed by atoms with E-state index in [1.165, 1.54) is 18.7 Å². The average Bonchev–Trinajstić information content (AvgIpc) is 2.49. The fraction of sp³-hybridized carbons (Fsp3) is 0. The summed E-state index contributed by atoms with van der Waals surface area (Å²) < 4.78 is 1.61. The lowest BCUT2D eigenvalue weighted by Crippen LogP contribution is -2.02. The van der Waals surface area contributed by atoms with Crippen molar-refractivity contribution in [3.8, 4) is 0 Å². The van der Waals surface area contributed by atoms with Gasteiger partial charge in [-0.15, -0.1) is 0 Å². The first-order valence-electron chi connectivity index (χ1n) is 3.29. The van der Waals surface area contributed by atoms with Gasteiger partial charge in [-0.3, -0.25) is 0 Å². The number of carbonyl (C=O) groups is 1. The lowest BCUT2D eigenvalue weighted by atomic mass is 10.4. The van der Waals surface area contributed by atoms with Crippen molar-refractivity contribution >= 4 is 11.5 Å². The number of fused-ring (bicyclic) bond motifs is 1. The standard InChI is InChI=1S/C7H5N3O2/c11-7(12)6-5-3-8-4-10(5)2-1-9-6/h1-4H,(H,11,12). The summed E-state index contributed by atoms with van der Waals surface area (Å²) in [5.74, 6) is -1.04. The van der Waals surface area contributed by atoms with Crippen LogP contribution in [0.25, 0.3) is 5.52 Å². The molecule has 2 aromatic heterocycles. The van der Waals surface area contributed by atoms with Crippen molar-refractivity contribution in [3.05, 3.63) is 30.6 Å². The van der Waals surface area contributed by atoms with E-state index < -0.39 is 5.97 Å². The van der Waals surface area contributed by atoms with Crippen molar-refractivity contribution in [2.24, 2.45) is 0 Å². The maximum atomic E-state index is 10.6. The van der Waals surface area contributed by atoms with E-state index in [-0.39, 0.29) is 5.69 Å². The topological polar surface area (TPSA) is 67.5 Å². The lowest BCUT2D eigenvalue weighted by molar-refractivity contribution is 0.0692. The van der Waals surface area contributed by atoms with E-state index in [0.29, 0.717) is 5.52 Å². The molecule has 0 spiro atoms. The van der Waals surface area contributed by atoms with Gasteiger partial charge in [-0.1, -0.05) is 0 Å². The number of carboxylic acids is 1. The van der Waals surface area contributed by atoms with E-state index in [2.05, 4.69) is 9.97 Å². The smallest absolute Gasteiger partial charge is 0.356 e. The van der Waals surface area contributed by atoms with Gasteiger partial charge in [-0.2, -0.15) is 0 Å². The second-order valence-electron chi connectivity index (χ2n) is 2.27. The van der Waals surface area contributed by atoms with E-state index in [0.717, 1.165) is 0 Å². The summed E-state index contributed by atoms with van der Waals surface area (Å²) >= 11 is 0. The zero-order chi connectivity index (χ0) is 8.55. The fourth-order valence-corrected chi connectivity index (χ4v) is 1.02. The van der Waals surface area contributed by atoms with Crippen molar-refractivity contribution in [3.63, 3.8) is 0 Å². The first-order valence-corrected chi connectivity index (χ1v) is 3.29. The molecule has 1 N–H and O–H groups in total.